The molecule has 0 aliphatic carbocycles. The van der Waals surface area contributed by atoms with Crippen molar-refractivity contribution in [1.29, 1.82) is 0 Å². The number of allylic oxidation sites excluding steroid dienone is 1. The Morgan fingerprint density at radius 2 is 1.91 bits per heavy atom. The summed E-state index contributed by atoms with van der Waals surface area (Å²) >= 11 is 12.3. The van der Waals surface area contributed by atoms with Crippen LogP contribution in [0.5, 0.6) is 0 Å². The van der Waals surface area contributed by atoms with Crippen molar-refractivity contribution < 1.29 is 0 Å². The van der Waals surface area contributed by atoms with Crippen molar-refractivity contribution in [3.8, 4) is 0 Å². The van der Waals surface area contributed by atoms with Gasteiger partial charge in [-0.05, 0) is 34.9 Å². The van der Waals surface area contributed by atoms with Gasteiger partial charge in [-0.1, -0.05) is 59.6 Å². The fraction of sp³-hybridized carbons (Fsp3) is 0.0556. The lowest BCUT2D eigenvalue weighted by Crippen LogP contribution is -1.98. The van der Waals surface area contributed by atoms with Crippen LogP contribution in [0.1, 0.15) is 11.1 Å². The summed E-state index contributed by atoms with van der Waals surface area (Å²) in [5.74, 6) is 0. The van der Waals surface area contributed by atoms with E-state index in [2.05, 4.69) is 23.2 Å². The summed E-state index contributed by atoms with van der Waals surface area (Å²) in [4.78, 5) is 4.10. The first-order valence-electron chi connectivity index (χ1n) is 6.89. The van der Waals surface area contributed by atoms with E-state index in [4.69, 9.17) is 23.2 Å². The van der Waals surface area contributed by atoms with Crippen LogP contribution in [0.15, 0.2) is 67.3 Å². The largest absolute Gasteiger partial charge is 0.333 e. The van der Waals surface area contributed by atoms with E-state index in [1.807, 2.05) is 41.1 Å². The molecule has 1 heterocycles. The van der Waals surface area contributed by atoms with E-state index >= 15 is 0 Å². The molecule has 2 aromatic carbocycles. The molecule has 0 aliphatic heterocycles. The van der Waals surface area contributed by atoms with Crippen molar-refractivity contribution >= 4 is 34.9 Å². The molecule has 3 rings (SSSR count). The maximum absolute atomic E-state index is 6.29. The van der Waals surface area contributed by atoms with Gasteiger partial charge in [0.25, 0.3) is 0 Å². The van der Waals surface area contributed by atoms with Crippen molar-refractivity contribution in [2.24, 2.45) is 0 Å². The Balaban J connectivity index is 2.02. The minimum Gasteiger partial charge on any atom is -0.333 e. The van der Waals surface area contributed by atoms with Crippen molar-refractivity contribution in [3.63, 3.8) is 0 Å². The smallest absolute Gasteiger partial charge is 0.0949 e. The first kappa shape index (κ1) is 14.9. The highest BCUT2D eigenvalue weighted by Crippen LogP contribution is 2.26. The quantitative estimate of drug-likeness (QED) is 0.584. The molecule has 0 N–H and O–H groups in total. The third kappa shape index (κ3) is 3.59. The van der Waals surface area contributed by atoms with Gasteiger partial charge >= 0.3 is 0 Å². The van der Waals surface area contributed by atoms with Gasteiger partial charge in [0.2, 0.25) is 0 Å². The Bertz CT molecular complexity index is 778. The molecule has 110 valence electrons. The van der Waals surface area contributed by atoms with Crippen LogP contribution in [0.4, 0.5) is 0 Å². The zero-order valence-corrected chi connectivity index (χ0v) is 13.3. The van der Waals surface area contributed by atoms with Crippen molar-refractivity contribution in [1.82, 2.24) is 9.55 Å². The summed E-state index contributed by atoms with van der Waals surface area (Å²) in [6.45, 7) is 0.725. The fourth-order valence-electron chi connectivity index (χ4n) is 2.26. The summed E-state index contributed by atoms with van der Waals surface area (Å²) in [5.41, 5.74) is 3.26. The van der Waals surface area contributed by atoms with Crippen molar-refractivity contribution in [2.45, 2.75) is 6.54 Å². The number of hydrogen-bond acceptors (Lipinski definition) is 1. The number of rotatable bonds is 4. The molecule has 1 aromatic heterocycles. The molecule has 0 saturated heterocycles. The predicted molar refractivity (Wildman–Crippen MR) is 93.0 cm³/mol. The molecule has 0 aliphatic rings. The summed E-state index contributed by atoms with van der Waals surface area (Å²) in [6, 6.07) is 15.8. The summed E-state index contributed by atoms with van der Waals surface area (Å²) in [7, 11) is 0. The Labute approximate surface area is 139 Å². The van der Waals surface area contributed by atoms with Crippen LogP contribution in [0, 0.1) is 0 Å². The highest BCUT2D eigenvalue weighted by molar-refractivity contribution is 6.35. The molecule has 0 amide bonds. The second kappa shape index (κ2) is 6.82. The number of hydrogen-bond donors (Lipinski definition) is 0. The van der Waals surface area contributed by atoms with Gasteiger partial charge in [0, 0.05) is 29.0 Å². The zero-order chi connectivity index (χ0) is 15.4. The molecule has 4 heteroatoms. The van der Waals surface area contributed by atoms with E-state index < -0.39 is 0 Å². The third-order valence-electron chi connectivity index (χ3n) is 3.35. The van der Waals surface area contributed by atoms with E-state index in [0.29, 0.717) is 10.0 Å². The topological polar surface area (TPSA) is 17.8 Å². The van der Waals surface area contributed by atoms with E-state index in [-0.39, 0.29) is 0 Å². The zero-order valence-electron chi connectivity index (χ0n) is 11.8. The van der Waals surface area contributed by atoms with Crippen LogP contribution in [-0.2, 0) is 6.54 Å². The molecular formula is C18H14Cl2N2. The monoisotopic (exact) mass is 328 g/mol. The highest BCUT2D eigenvalue weighted by Gasteiger charge is 2.05. The van der Waals surface area contributed by atoms with E-state index in [9.17, 15) is 0 Å². The predicted octanol–water partition coefficient (Wildman–Crippen LogP) is 5.43. The van der Waals surface area contributed by atoms with Crippen LogP contribution in [0.3, 0.4) is 0 Å². The summed E-state index contributed by atoms with van der Waals surface area (Å²) in [5, 5.41) is 1.28. The van der Waals surface area contributed by atoms with Crippen LogP contribution in [0.2, 0.25) is 10.0 Å². The van der Waals surface area contributed by atoms with Crippen molar-refractivity contribution in [2.75, 3.05) is 0 Å². The third-order valence-corrected chi connectivity index (χ3v) is 3.91. The van der Waals surface area contributed by atoms with Gasteiger partial charge in [-0.3, -0.25) is 0 Å². The minimum absolute atomic E-state index is 0.637. The van der Waals surface area contributed by atoms with E-state index in [1.165, 1.54) is 0 Å². The molecule has 3 aromatic rings. The molecule has 0 radical (unpaired) electrons. The second-order valence-electron chi connectivity index (χ2n) is 4.94. The molecule has 22 heavy (non-hydrogen) atoms. The molecular weight excluding hydrogens is 315 g/mol. The molecule has 0 saturated carbocycles. The van der Waals surface area contributed by atoms with Gasteiger partial charge in [0.15, 0.2) is 0 Å². The SMILES string of the molecule is Clc1ccc(/C=C(/Cn2ccnc2)c2ccccc2)c(Cl)c1. The number of nitrogens with zero attached hydrogens (tertiary/aromatic N) is 2. The first-order chi connectivity index (χ1) is 10.7. The average Bonchev–Trinajstić information content (AvgIpc) is 3.03. The van der Waals surface area contributed by atoms with Crippen LogP contribution >= 0.6 is 23.2 Å². The standard InChI is InChI=1S/C18H14Cl2N2/c19-17-7-6-15(18(20)11-17)10-16(12-22-9-8-21-13-22)14-4-2-1-3-5-14/h1-11,13H,12H2/b16-10-. The van der Waals surface area contributed by atoms with Crippen LogP contribution in [-0.4, -0.2) is 9.55 Å². The maximum Gasteiger partial charge on any atom is 0.0949 e. The Morgan fingerprint density at radius 3 is 2.59 bits per heavy atom. The van der Waals surface area contributed by atoms with Gasteiger partial charge in [0.05, 0.1) is 6.33 Å². The first-order valence-corrected chi connectivity index (χ1v) is 7.65. The number of halogens is 2. The Kier molecular flexibility index (Phi) is 4.62. The van der Waals surface area contributed by atoms with Gasteiger partial charge in [-0.2, -0.15) is 0 Å². The molecule has 0 atom stereocenters. The van der Waals surface area contributed by atoms with Crippen molar-refractivity contribution in [3.05, 3.63) is 88.4 Å². The van der Waals surface area contributed by atoms with Gasteiger partial charge < -0.3 is 4.57 Å². The molecule has 0 fully saturated rings. The summed E-state index contributed by atoms with van der Waals surface area (Å²) in [6.07, 6.45) is 7.62. The average molecular weight is 329 g/mol. The fourth-order valence-corrected chi connectivity index (χ4v) is 2.72. The van der Waals surface area contributed by atoms with E-state index in [1.54, 1.807) is 18.6 Å². The molecule has 2 nitrogen and oxygen atoms in total. The van der Waals surface area contributed by atoms with Gasteiger partial charge in [0.1, 0.15) is 0 Å². The highest BCUT2D eigenvalue weighted by atomic mass is 35.5. The number of benzene rings is 2. The lowest BCUT2D eigenvalue weighted by atomic mass is 10.0. The summed E-state index contributed by atoms with van der Waals surface area (Å²) < 4.78 is 2.03. The molecule has 0 spiro atoms. The van der Waals surface area contributed by atoms with Gasteiger partial charge in [-0.15, -0.1) is 0 Å². The lowest BCUT2D eigenvalue weighted by molar-refractivity contribution is 0.836. The number of aromatic nitrogens is 2. The molecule has 0 unspecified atom stereocenters. The maximum atomic E-state index is 6.29. The van der Waals surface area contributed by atoms with Gasteiger partial charge in [-0.25, -0.2) is 4.98 Å². The normalized spacial score (nSPS) is 11.6. The Morgan fingerprint density at radius 1 is 1.09 bits per heavy atom. The second-order valence-corrected chi connectivity index (χ2v) is 5.78. The lowest BCUT2D eigenvalue weighted by Gasteiger charge is -2.10. The Hall–Kier alpha value is -2.03. The minimum atomic E-state index is 0.637. The van der Waals surface area contributed by atoms with Crippen LogP contribution in [0.25, 0.3) is 11.6 Å². The number of imidazole rings is 1. The van der Waals surface area contributed by atoms with Crippen LogP contribution < -0.4 is 0 Å². The van der Waals surface area contributed by atoms with E-state index in [0.717, 1.165) is 23.2 Å². The molecule has 0 bridgehead atoms.